The number of rotatable bonds is 4. The Kier molecular flexibility index (Phi) is 3.90. The van der Waals surface area contributed by atoms with Crippen LogP contribution in [0.3, 0.4) is 0 Å². The molecule has 4 nitrogen and oxygen atoms in total. The van der Waals surface area contributed by atoms with Crippen LogP contribution < -0.4 is 10.5 Å². The molecule has 3 aromatic rings. The molecule has 2 N–H and O–H groups in total. The first-order valence-corrected chi connectivity index (χ1v) is 7.39. The Bertz CT molecular complexity index is 816. The Morgan fingerprint density at radius 3 is 2.90 bits per heavy atom. The quantitative estimate of drug-likeness (QED) is 0.715. The van der Waals surface area contributed by atoms with E-state index in [0.717, 1.165) is 15.4 Å². The van der Waals surface area contributed by atoms with Gasteiger partial charge in [0.05, 0.1) is 5.39 Å². The zero-order chi connectivity index (χ0) is 14.8. The van der Waals surface area contributed by atoms with E-state index in [-0.39, 0.29) is 4.99 Å². The highest BCUT2D eigenvalue weighted by Crippen LogP contribution is 2.33. The van der Waals surface area contributed by atoms with Crippen molar-refractivity contribution in [2.45, 2.75) is 6.61 Å². The van der Waals surface area contributed by atoms with E-state index < -0.39 is 0 Å². The summed E-state index contributed by atoms with van der Waals surface area (Å²) in [5.74, 6) is 0.965. The number of hydrogen-bond acceptors (Lipinski definition) is 4. The molecule has 0 fully saturated rings. The molecule has 0 radical (unpaired) electrons. The van der Waals surface area contributed by atoms with Crippen LogP contribution in [0.5, 0.6) is 5.75 Å². The van der Waals surface area contributed by atoms with Crippen LogP contribution in [0, 0.1) is 0 Å². The van der Waals surface area contributed by atoms with E-state index in [1.807, 2.05) is 30.3 Å². The molecule has 0 unspecified atom stereocenters. The zero-order valence-electron chi connectivity index (χ0n) is 10.9. The topological polar surface area (TPSA) is 61.3 Å². The summed E-state index contributed by atoms with van der Waals surface area (Å²) < 4.78 is 12.4. The van der Waals surface area contributed by atoms with Crippen molar-refractivity contribution in [3.63, 3.8) is 0 Å². The van der Waals surface area contributed by atoms with E-state index in [2.05, 4.69) is 20.9 Å². The maximum atomic E-state index is 5.87. The highest BCUT2D eigenvalue weighted by atomic mass is 79.9. The fraction of sp³-hybridized carbons (Fsp3) is 0.0667. The molecule has 0 bridgehead atoms. The molecule has 6 heteroatoms. The number of para-hydroxylation sites is 1. The number of fused-ring (bicyclic) bond motifs is 1. The van der Waals surface area contributed by atoms with Crippen LogP contribution in [0.1, 0.15) is 11.3 Å². The second-order valence-electron chi connectivity index (χ2n) is 4.42. The molecule has 0 spiro atoms. The molecule has 0 saturated carbocycles. The molecule has 2 heterocycles. The Labute approximate surface area is 135 Å². The molecule has 0 aliphatic rings. The zero-order valence-corrected chi connectivity index (χ0v) is 13.3. The number of benzene rings is 1. The molecule has 106 valence electrons. The molecule has 0 aliphatic heterocycles. The predicted molar refractivity (Wildman–Crippen MR) is 88.4 cm³/mol. The lowest BCUT2D eigenvalue weighted by atomic mass is 10.2. The van der Waals surface area contributed by atoms with Gasteiger partial charge in [-0.05, 0) is 34.1 Å². The fourth-order valence-electron chi connectivity index (χ4n) is 2.02. The van der Waals surface area contributed by atoms with Crippen LogP contribution in [0.4, 0.5) is 0 Å². The second kappa shape index (κ2) is 5.83. The van der Waals surface area contributed by atoms with Crippen LogP contribution >= 0.6 is 28.1 Å². The minimum atomic E-state index is 0.175. The maximum absolute atomic E-state index is 5.87. The van der Waals surface area contributed by atoms with Gasteiger partial charge in [0.2, 0.25) is 5.76 Å². The van der Waals surface area contributed by atoms with Crippen molar-refractivity contribution >= 4 is 44.1 Å². The minimum Gasteiger partial charge on any atom is -0.484 e. The predicted octanol–water partition coefficient (Wildman–Crippen LogP) is 3.80. The summed E-state index contributed by atoms with van der Waals surface area (Å²) in [6.07, 6.45) is 3.46. The molecule has 2 aromatic heterocycles. The monoisotopic (exact) mass is 362 g/mol. The summed E-state index contributed by atoms with van der Waals surface area (Å²) in [6.45, 7) is 0.353. The highest BCUT2D eigenvalue weighted by molar-refractivity contribution is 9.10. The van der Waals surface area contributed by atoms with E-state index in [1.54, 1.807) is 12.4 Å². The summed E-state index contributed by atoms with van der Waals surface area (Å²) >= 11 is 8.41. The van der Waals surface area contributed by atoms with Gasteiger partial charge in [-0.3, -0.25) is 4.98 Å². The van der Waals surface area contributed by atoms with E-state index in [0.29, 0.717) is 23.7 Å². The molecule has 0 atom stereocenters. The van der Waals surface area contributed by atoms with Crippen molar-refractivity contribution in [1.29, 1.82) is 0 Å². The maximum Gasteiger partial charge on any atom is 0.204 e. The summed E-state index contributed by atoms with van der Waals surface area (Å²) in [7, 11) is 0. The number of nitrogens with zero attached hydrogens (tertiary/aromatic N) is 1. The number of pyridine rings is 1. The fourth-order valence-corrected chi connectivity index (χ4v) is 2.56. The van der Waals surface area contributed by atoms with Gasteiger partial charge in [0.15, 0.2) is 5.75 Å². The number of halogens is 1. The molecule has 1 aromatic carbocycles. The van der Waals surface area contributed by atoms with Gasteiger partial charge < -0.3 is 14.9 Å². The third-order valence-corrected chi connectivity index (χ3v) is 3.54. The van der Waals surface area contributed by atoms with Crippen LogP contribution in [-0.2, 0) is 6.61 Å². The SMILES string of the molecule is NC(=S)c1oc2ccccc2c1OCc1cncc(Br)c1. The molecule has 0 amide bonds. The average molecular weight is 363 g/mol. The lowest BCUT2D eigenvalue weighted by molar-refractivity contribution is 0.304. The lowest BCUT2D eigenvalue weighted by Crippen LogP contribution is -2.10. The Morgan fingerprint density at radius 1 is 1.33 bits per heavy atom. The Balaban J connectivity index is 1.95. The standard InChI is InChI=1S/C15H11BrN2O2S/c16-10-5-9(6-18-7-10)8-19-13-11-3-1-2-4-12(11)20-14(13)15(17)21/h1-7H,8H2,(H2,17,21). The number of ether oxygens (including phenoxy) is 1. The Morgan fingerprint density at radius 2 is 2.14 bits per heavy atom. The lowest BCUT2D eigenvalue weighted by Gasteiger charge is -2.06. The first-order valence-electron chi connectivity index (χ1n) is 6.18. The summed E-state index contributed by atoms with van der Waals surface area (Å²) in [6, 6.07) is 9.50. The van der Waals surface area contributed by atoms with Gasteiger partial charge in [0.1, 0.15) is 17.2 Å². The van der Waals surface area contributed by atoms with Crippen LogP contribution in [0.25, 0.3) is 11.0 Å². The minimum absolute atomic E-state index is 0.175. The normalized spacial score (nSPS) is 10.7. The van der Waals surface area contributed by atoms with Crippen molar-refractivity contribution in [3.05, 3.63) is 58.5 Å². The molecule has 3 rings (SSSR count). The number of nitrogens with two attached hydrogens (primary N) is 1. The van der Waals surface area contributed by atoms with Crippen molar-refractivity contribution in [1.82, 2.24) is 4.98 Å². The second-order valence-corrected chi connectivity index (χ2v) is 5.78. The van der Waals surface area contributed by atoms with Crippen molar-refractivity contribution in [2.75, 3.05) is 0 Å². The van der Waals surface area contributed by atoms with Crippen molar-refractivity contribution < 1.29 is 9.15 Å². The molecule has 0 saturated heterocycles. The van der Waals surface area contributed by atoms with E-state index in [1.165, 1.54) is 0 Å². The molecule has 0 aliphatic carbocycles. The molecular formula is C15H11BrN2O2S. The van der Waals surface area contributed by atoms with Crippen LogP contribution in [-0.4, -0.2) is 9.97 Å². The third kappa shape index (κ3) is 2.91. The Hall–Kier alpha value is -1.92. The van der Waals surface area contributed by atoms with E-state index in [4.69, 9.17) is 27.1 Å². The van der Waals surface area contributed by atoms with Gasteiger partial charge in [-0.1, -0.05) is 24.4 Å². The average Bonchev–Trinajstić information content (AvgIpc) is 2.84. The van der Waals surface area contributed by atoms with Crippen LogP contribution in [0.2, 0.25) is 0 Å². The first-order chi connectivity index (χ1) is 10.1. The van der Waals surface area contributed by atoms with Gasteiger partial charge in [-0.2, -0.15) is 0 Å². The smallest absolute Gasteiger partial charge is 0.204 e. The molecule has 21 heavy (non-hydrogen) atoms. The summed E-state index contributed by atoms with van der Waals surface area (Å²) in [5.41, 5.74) is 7.34. The number of aromatic nitrogens is 1. The largest absolute Gasteiger partial charge is 0.484 e. The first kappa shape index (κ1) is 14.0. The number of hydrogen-bond donors (Lipinski definition) is 1. The third-order valence-electron chi connectivity index (χ3n) is 2.92. The van der Waals surface area contributed by atoms with Gasteiger partial charge in [0, 0.05) is 22.4 Å². The van der Waals surface area contributed by atoms with Gasteiger partial charge >= 0.3 is 0 Å². The van der Waals surface area contributed by atoms with Gasteiger partial charge in [-0.15, -0.1) is 0 Å². The number of thiocarbonyl (C=S) groups is 1. The van der Waals surface area contributed by atoms with Crippen molar-refractivity contribution in [3.8, 4) is 5.75 Å². The van der Waals surface area contributed by atoms with E-state index in [9.17, 15) is 0 Å². The summed E-state index contributed by atoms with van der Waals surface area (Å²) in [4.78, 5) is 4.28. The van der Waals surface area contributed by atoms with Gasteiger partial charge in [0.25, 0.3) is 0 Å². The molecular weight excluding hydrogens is 352 g/mol. The van der Waals surface area contributed by atoms with Crippen LogP contribution in [0.15, 0.2) is 51.6 Å². The highest BCUT2D eigenvalue weighted by Gasteiger charge is 2.17. The van der Waals surface area contributed by atoms with Gasteiger partial charge in [-0.25, -0.2) is 0 Å². The van der Waals surface area contributed by atoms with Crippen molar-refractivity contribution in [2.24, 2.45) is 5.73 Å². The van der Waals surface area contributed by atoms with E-state index >= 15 is 0 Å². The summed E-state index contributed by atoms with van der Waals surface area (Å²) in [5, 5.41) is 0.850. The number of furan rings is 1.